The van der Waals surface area contributed by atoms with Gasteiger partial charge < -0.3 is 14.7 Å². The van der Waals surface area contributed by atoms with Gasteiger partial charge in [-0.3, -0.25) is 9.59 Å². The van der Waals surface area contributed by atoms with E-state index in [1.807, 2.05) is 6.92 Å². The minimum atomic E-state index is -0.973. The second-order valence-corrected chi connectivity index (χ2v) is 6.33. The van der Waals surface area contributed by atoms with Crippen molar-refractivity contribution in [3.63, 3.8) is 0 Å². The van der Waals surface area contributed by atoms with Crippen molar-refractivity contribution in [2.45, 2.75) is 39.2 Å². The average molecular weight is 333 g/mol. The summed E-state index contributed by atoms with van der Waals surface area (Å²) in [6, 6.07) is 4.16. The van der Waals surface area contributed by atoms with Gasteiger partial charge in [0, 0.05) is 17.7 Å². The van der Waals surface area contributed by atoms with Gasteiger partial charge >= 0.3 is 5.97 Å². The number of amides is 1. The Kier molecular flexibility index (Phi) is 5.59. The highest BCUT2D eigenvalue weighted by molar-refractivity contribution is 5.95. The second-order valence-electron chi connectivity index (χ2n) is 6.33. The Bertz CT molecular complexity index is 655. The minimum absolute atomic E-state index is 0.0163. The van der Waals surface area contributed by atoms with Crippen LogP contribution in [0.3, 0.4) is 0 Å². The number of carboxylic acids is 1. The smallest absolute Gasteiger partial charge is 0.326 e. The number of hydrogen-bond donors (Lipinski definition) is 1. The van der Waals surface area contributed by atoms with Crippen LogP contribution < -0.4 is 4.74 Å². The highest BCUT2D eigenvalue weighted by Gasteiger charge is 2.34. The van der Waals surface area contributed by atoms with Crippen LogP contribution in [-0.4, -0.2) is 47.4 Å². The molecule has 6 heteroatoms. The number of ketones is 1. The Morgan fingerprint density at radius 3 is 2.62 bits per heavy atom. The number of carbonyl (C=O) groups is 3. The third-order valence-electron chi connectivity index (χ3n) is 4.50. The summed E-state index contributed by atoms with van der Waals surface area (Å²) in [6.45, 7) is 3.89. The van der Waals surface area contributed by atoms with Crippen molar-refractivity contribution in [3.8, 4) is 5.75 Å². The number of Topliss-reactive ketones (excluding diaryl/α,β-unsaturated/α-hetero) is 1. The van der Waals surface area contributed by atoms with Crippen LogP contribution in [0.2, 0.25) is 0 Å². The third kappa shape index (κ3) is 3.93. The molecule has 130 valence electrons. The van der Waals surface area contributed by atoms with E-state index in [1.165, 1.54) is 18.9 Å². The van der Waals surface area contributed by atoms with Crippen molar-refractivity contribution in [2.24, 2.45) is 5.92 Å². The first-order chi connectivity index (χ1) is 11.3. The van der Waals surface area contributed by atoms with E-state index >= 15 is 0 Å². The molecule has 2 atom stereocenters. The molecule has 0 spiro atoms. The summed E-state index contributed by atoms with van der Waals surface area (Å²) in [7, 11) is 1.50. The lowest BCUT2D eigenvalue weighted by Crippen LogP contribution is -2.50. The topological polar surface area (TPSA) is 83.9 Å². The minimum Gasteiger partial charge on any atom is -0.496 e. The number of rotatable bonds is 5. The molecule has 1 fully saturated rings. The van der Waals surface area contributed by atoms with Crippen molar-refractivity contribution in [1.29, 1.82) is 0 Å². The fraction of sp³-hybridized carbons (Fsp3) is 0.500. The van der Waals surface area contributed by atoms with Crippen LogP contribution in [-0.2, 0) is 16.0 Å². The van der Waals surface area contributed by atoms with E-state index < -0.39 is 12.0 Å². The molecule has 2 rings (SSSR count). The van der Waals surface area contributed by atoms with Crippen molar-refractivity contribution in [2.75, 3.05) is 13.7 Å². The predicted octanol–water partition coefficient (Wildman–Crippen LogP) is 2.15. The van der Waals surface area contributed by atoms with Crippen LogP contribution in [0.4, 0.5) is 0 Å². The number of carbonyl (C=O) groups excluding carboxylic acids is 2. The summed E-state index contributed by atoms with van der Waals surface area (Å²) in [5.74, 6) is -0.523. The van der Waals surface area contributed by atoms with Gasteiger partial charge in [-0.05, 0) is 43.9 Å². The van der Waals surface area contributed by atoms with Gasteiger partial charge in [0.15, 0.2) is 5.78 Å². The van der Waals surface area contributed by atoms with E-state index in [1.54, 1.807) is 18.2 Å². The van der Waals surface area contributed by atoms with Crippen LogP contribution in [0.25, 0.3) is 0 Å². The standard InChI is InChI=1S/C18H23NO5/c1-11-6-7-19(15(8-11)18(22)23)17(21)10-14-9-13(12(2)20)4-5-16(14)24-3/h4-5,9,11,15H,6-8,10H2,1-3H3,(H,22,23). The molecule has 0 aliphatic carbocycles. The maximum atomic E-state index is 12.7. The highest BCUT2D eigenvalue weighted by Crippen LogP contribution is 2.26. The normalized spacial score (nSPS) is 20.5. The van der Waals surface area contributed by atoms with Gasteiger partial charge in [0.1, 0.15) is 11.8 Å². The zero-order valence-corrected chi connectivity index (χ0v) is 14.2. The summed E-state index contributed by atoms with van der Waals surface area (Å²) in [5, 5.41) is 9.40. The number of nitrogens with zero attached hydrogens (tertiary/aromatic N) is 1. The van der Waals surface area contributed by atoms with Crippen molar-refractivity contribution in [3.05, 3.63) is 29.3 Å². The molecule has 1 saturated heterocycles. The van der Waals surface area contributed by atoms with E-state index in [0.717, 1.165) is 6.42 Å². The average Bonchev–Trinajstić information content (AvgIpc) is 2.54. The Morgan fingerprint density at radius 2 is 2.04 bits per heavy atom. The molecule has 1 aromatic carbocycles. The molecule has 0 radical (unpaired) electrons. The van der Waals surface area contributed by atoms with Gasteiger partial charge in [-0.25, -0.2) is 4.79 Å². The van der Waals surface area contributed by atoms with Crippen LogP contribution in [0.1, 0.15) is 42.6 Å². The zero-order chi connectivity index (χ0) is 17.9. The summed E-state index contributed by atoms with van der Waals surface area (Å²) >= 11 is 0. The summed E-state index contributed by atoms with van der Waals surface area (Å²) in [4.78, 5) is 37.1. The second kappa shape index (κ2) is 7.47. The number of aliphatic carboxylic acids is 1. The Labute approximate surface area is 141 Å². The molecule has 1 aliphatic rings. The maximum absolute atomic E-state index is 12.7. The number of piperidine rings is 1. The fourth-order valence-electron chi connectivity index (χ4n) is 3.07. The number of benzene rings is 1. The molecule has 1 heterocycles. The predicted molar refractivity (Wildman–Crippen MR) is 88.2 cm³/mol. The zero-order valence-electron chi connectivity index (χ0n) is 14.2. The molecular formula is C18H23NO5. The first-order valence-electron chi connectivity index (χ1n) is 8.03. The SMILES string of the molecule is COc1ccc(C(C)=O)cc1CC(=O)N1CCC(C)CC1C(=O)O. The van der Waals surface area contributed by atoms with E-state index in [2.05, 4.69) is 0 Å². The molecule has 1 aromatic rings. The largest absolute Gasteiger partial charge is 0.496 e. The fourth-order valence-corrected chi connectivity index (χ4v) is 3.07. The molecule has 0 saturated carbocycles. The number of likely N-dealkylation sites (tertiary alicyclic amines) is 1. The van der Waals surface area contributed by atoms with Crippen molar-refractivity contribution in [1.82, 2.24) is 4.90 Å². The Morgan fingerprint density at radius 1 is 1.33 bits per heavy atom. The number of carboxylic acid groups (broad SMARTS) is 1. The Balaban J connectivity index is 2.23. The van der Waals surface area contributed by atoms with Gasteiger partial charge in [-0.2, -0.15) is 0 Å². The lowest BCUT2D eigenvalue weighted by molar-refractivity contribution is -0.152. The van der Waals surface area contributed by atoms with Crippen LogP contribution >= 0.6 is 0 Å². The van der Waals surface area contributed by atoms with Crippen LogP contribution in [0, 0.1) is 5.92 Å². The van der Waals surface area contributed by atoms with Gasteiger partial charge in [-0.1, -0.05) is 6.92 Å². The van der Waals surface area contributed by atoms with Gasteiger partial charge in [-0.15, -0.1) is 0 Å². The lowest BCUT2D eigenvalue weighted by atomic mass is 9.91. The monoisotopic (exact) mass is 333 g/mol. The third-order valence-corrected chi connectivity index (χ3v) is 4.50. The summed E-state index contributed by atoms with van der Waals surface area (Å²) in [6.07, 6.45) is 1.27. The first-order valence-corrected chi connectivity index (χ1v) is 8.03. The van der Waals surface area contributed by atoms with Gasteiger partial charge in [0.25, 0.3) is 0 Å². The molecule has 1 aliphatic heterocycles. The molecule has 1 amide bonds. The molecule has 0 aromatic heterocycles. The number of ether oxygens (including phenoxy) is 1. The van der Waals surface area contributed by atoms with E-state index in [0.29, 0.717) is 29.8 Å². The molecule has 6 nitrogen and oxygen atoms in total. The maximum Gasteiger partial charge on any atom is 0.326 e. The van der Waals surface area contributed by atoms with Crippen molar-refractivity contribution >= 4 is 17.7 Å². The van der Waals surface area contributed by atoms with E-state index in [9.17, 15) is 19.5 Å². The quantitative estimate of drug-likeness (QED) is 0.835. The van der Waals surface area contributed by atoms with Crippen molar-refractivity contribution < 1.29 is 24.2 Å². The molecule has 24 heavy (non-hydrogen) atoms. The number of hydrogen-bond acceptors (Lipinski definition) is 4. The van der Waals surface area contributed by atoms with E-state index in [4.69, 9.17) is 4.74 Å². The van der Waals surface area contributed by atoms with Crippen LogP contribution in [0.15, 0.2) is 18.2 Å². The van der Waals surface area contributed by atoms with Gasteiger partial charge in [0.05, 0.1) is 13.5 Å². The molecule has 0 bridgehead atoms. The summed E-state index contributed by atoms with van der Waals surface area (Å²) in [5.41, 5.74) is 1.10. The van der Waals surface area contributed by atoms with E-state index in [-0.39, 0.29) is 24.0 Å². The number of methoxy groups -OCH3 is 1. The highest BCUT2D eigenvalue weighted by atomic mass is 16.5. The van der Waals surface area contributed by atoms with Crippen LogP contribution in [0.5, 0.6) is 5.75 Å². The molecular weight excluding hydrogens is 310 g/mol. The molecule has 1 N–H and O–H groups in total. The Hall–Kier alpha value is -2.37. The lowest BCUT2D eigenvalue weighted by Gasteiger charge is -2.36. The molecule has 2 unspecified atom stereocenters. The van der Waals surface area contributed by atoms with Gasteiger partial charge in [0.2, 0.25) is 5.91 Å². The first kappa shape index (κ1) is 18.0. The summed E-state index contributed by atoms with van der Waals surface area (Å²) < 4.78 is 5.26.